The Kier molecular flexibility index (Phi) is 4.47. The first-order valence-corrected chi connectivity index (χ1v) is 5.45. The zero-order valence-electron chi connectivity index (χ0n) is 8.46. The number of carboxylic acid groups (broad SMARTS) is 1. The van der Waals surface area contributed by atoms with Gasteiger partial charge in [0, 0.05) is 5.41 Å². The standard InChI is InChI=1S/C9H16O3S/c1-5-9(2,3)7(10)6(13-4)8(11)12/h6H,5H2,1-4H3,(H,11,12). The number of Topliss-reactive ketones (excluding diaryl/α,β-unsaturated/α-hetero) is 1. The molecule has 0 fully saturated rings. The first-order valence-electron chi connectivity index (χ1n) is 4.16. The van der Waals surface area contributed by atoms with Gasteiger partial charge in [0.15, 0.2) is 11.0 Å². The van der Waals surface area contributed by atoms with Crippen LogP contribution in [0.25, 0.3) is 0 Å². The summed E-state index contributed by atoms with van der Waals surface area (Å²) in [6, 6.07) is 0. The van der Waals surface area contributed by atoms with E-state index in [-0.39, 0.29) is 5.78 Å². The third-order valence-corrected chi connectivity index (χ3v) is 3.14. The Hall–Kier alpha value is -0.510. The van der Waals surface area contributed by atoms with E-state index in [1.165, 1.54) is 0 Å². The van der Waals surface area contributed by atoms with Gasteiger partial charge < -0.3 is 5.11 Å². The van der Waals surface area contributed by atoms with Crippen LogP contribution < -0.4 is 0 Å². The van der Waals surface area contributed by atoms with Gasteiger partial charge in [0.05, 0.1) is 0 Å². The molecular formula is C9H16O3S. The van der Waals surface area contributed by atoms with E-state index in [4.69, 9.17) is 5.11 Å². The summed E-state index contributed by atoms with van der Waals surface area (Å²) in [5, 5.41) is 7.84. The summed E-state index contributed by atoms with van der Waals surface area (Å²) in [5.41, 5.74) is -0.536. The van der Waals surface area contributed by atoms with Gasteiger partial charge in [0.2, 0.25) is 0 Å². The molecule has 0 aliphatic heterocycles. The maximum Gasteiger partial charge on any atom is 0.324 e. The third-order valence-electron chi connectivity index (χ3n) is 2.25. The lowest BCUT2D eigenvalue weighted by molar-refractivity contribution is -0.141. The number of ketones is 1. The molecule has 0 aromatic heterocycles. The zero-order chi connectivity index (χ0) is 10.6. The molecule has 1 unspecified atom stereocenters. The fraction of sp³-hybridized carbons (Fsp3) is 0.778. The zero-order valence-corrected chi connectivity index (χ0v) is 9.27. The lowest BCUT2D eigenvalue weighted by Gasteiger charge is -2.23. The average molecular weight is 204 g/mol. The SMILES string of the molecule is CCC(C)(C)C(=O)C(SC)C(=O)O. The Labute approximate surface area is 82.9 Å². The number of rotatable bonds is 5. The van der Waals surface area contributed by atoms with E-state index in [2.05, 4.69) is 0 Å². The monoisotopic (exact) mass is 204 g/mol. The van der Waals surface area contributed by atoms with Crippen LogP contribution in [0.2, 0.25) is 0 Å². The summed E-state index contributed by atoms with van der Waals surface area (Å²) >= 11 is 1.08. The minimum atomic E-state index is -1.04. The molecule has 0 radical (unpaired) electrons. The van der Waals surface area contributed by atoms with Gasteiger partial charge in [0.25, 0.3) is 0 Å². The molecule has 0 saturated carbocycles. The summed E-state index contributed by atoms with van der Waals surface area (Å²) in [6.45, 7) is 5.44. The van der Waals surface area contributed by atoms with Gasteiger partial charge in [0.1, 0.15) is 0 Å². The summed E-state index contributed by atoms with van der Waals surface area (Å²) in [6.07, 6.45) is 2.30. The lowest BCUT2D eigenvalue weighted by atomic mass is 9.83. The molecule has 1 atom stereocenters. The second-order valence-corrected chi connectivity index (χ2v) is 4.50. The van der Waals surface area contributed by atoms with Crippen molar-refractivity contribution >= 4 is 23.5 Å². The second kappa shape index (κ2) is 4.65. The fourth-order valence-corrected chi connectivity index (χ4v) is 1.58. The Bertz CT molecular complexity index is 211. The molecule has 1 N–H and O–H groups in total. The Balaban J connectivity index is 4.65. The first-order chi connectivity index (χ1) is 5.86. The lowest BCUT2D eigenvalue weighted by Crippen LogP contribution is -2.37. The molecule has 3 nitrogen and oxygen atoms in total. The largest absolute Gasteiger partial charge is 0.480 e. The quantitative estimate of drug-likeness (QED) is 0.694. The molecule has 0 heterocycles. The van der Waals surface area contributed by atoms with Crippen molar-refractivity contribution in [2.75, 3.05) is 6.26 Å². The van der Waals surface area contributed by atoms with E-state index in [1.807, 2.05) is 6.92 Å². The number of hydrogen-bond acceptors (Lipinski definition) is 3. The molecule has 0 bridgehead atoms. The summed E-state index contributed by atoms with van der Waals surface area (Å²) < 4.78 is 0. The van der Waals surface area contributed by atoms with Crippen LogP contribution in [0.4, 0.5) is 0 Å². The highest BCUT2D eigenvalue weighted by molar-refractivity contribution is 8.00. The second-order valence-electron chi connectivity index (χ2n) is 3.56. The Morgan fingerprint density at radius 3 is 2.15 bits per heavy atom. The van der Waals surface area contributed by atoms with E-state index < -0.39 is 16.6 Å². The van der Waals surface area contributed by atoms with Crippen LogP contribution in [-0.2, 0) is 9.59 Å². The number of thioether (sulfide) groups is 1. The van der Waals surface area contributed by atoms with Gasteiger partial charge in [-0.15, -0.1) is 11.8 Å². The summed E-state index contributed by atoms with van der Waals surface area (Å²) in [7, 11) is 0. The first kappa shape index (κ1) is 12.5. The van der Waals surface area contributed by atoms with Gasteiger partial charge in [-0.2, -0.15) is 0 Å². The molecule has 0 spiro atoms. The molecule has 0 aliphatic carbocycles. The molecule has 4 heteroatoms. The Morgan fingerprint density at radius 1 is 1.46 bits per heavy atom. The van der Waals surface area contributed by atoms with Gasteiger partial charge in [-0.05, 0) is 12.7 Å². The number of hydrogen-bond donors (Lipinski definition) is 1. The highest BCUT2D eigenvalue weighted by Gasteiger charge is 2.35. The molecular weight excluding hydrogens is 188 g/mol. The van der Waals surface area contributed by atoms with Gasteiger partial charge in [-0.3, -0.25) is 9.59 Å². The number of carbonyl (C=O) groups excluding carboxylic acids is 1. The van der Waals surface area contributed by atoms with E-state index >= 15 is 0 Å². The number of carboxylic acids is 1. The molecule has 0 aromatic rings. The van der Waals surface area contributed by atoms with E-state index in [9.17, 15) is 9.59 Å². The summed E-state index contributed by atoms with van der Waals surface area (Å²) in [4.78, 5) is 22.4. The van der Waals surface area contributed by atoms with E-state index in [1.54, 1.807) is 20.1 Å². The maximum absolute atomic E-state index is 11.7. The van der Waals surface area contributed by atoms with Crippen molar-refractivity contribution in [2.45, 2.75) is 32.4 Å². The van der Waals surface area contributed by atoms with Crippen molar-refractivity contribution in [1.82, 2.24) is 0 Å². The number of aliphatic carboxylic acids is 1. The topological polar surface area (TPSA) is 54.4 Å². The maximum atomic E-state index is 11.7. The van der Waals surface area contributed by atoms with Gasteiger partial charge in [-0.1, -0.05) is 20.8 Å². The van der Waals surface area contributed by atoms with Crippen molar-refractivity contribution in [1.29, 1.82) is 0 Å². The number of carbonyl (C=O) groups is 2. The molecule has 0 aliphatic rings. The van der Waals surface area contributed by atoms with Crippen molar-refractivity contribution in [3.8, 4) is 0 Å². The normalized spacial score (nSPS) is 13.8. The molecule has 0 aromatic carbocycles. The predicted octanol–water partition coefficient (Wildman–Crippen LogP) is 1.81. The van der Waals surface area contributed by atoms with Crippen LogP contribution in [0.15, 0.2) is 0 Å². The smallest absolute Gasteiger partial charge is 0.324 e. The van der Waals surface area contributed by atoms with E-state index in [0.29, 0.717) is 6.42 Å². The van der Waals surface area contributed by atoms with Gasteiger partial charge >= 0.3 is 5.97 Å². The minimum absolute atomic E-state index is 0.199. The minimum Gasteiger partial charge on any atom is -0.480 e. The van der Waals surface area contributed by atoms with Crippen LogP contribution >= 0.6 is 11.8 Å². The predicted molar refractivity (Wildman–Crippen MR) is 54.0 cm³/mol. The van der Waals surface area contributed by atoms with Crippen LogP contribution in [0.1, 0.15) is 27.2 Å². The van der Waals surface area contributed by atoms with E-state index in [0.717, 1.165) is 11.8 Å². The van der Waals surface area contributed by atoms with Crippen LogP contribution in [-0.4, -0.2) is 28.4 Å². The molecule has 0 rings (SSSR count). The van der Waals surface area contributed by atoms with Crippen LogP contribution in [0.5, 0.6) is 0 Å². The summed E-state index contributed by atoms with van der Waals surface area (Å²) in [5.74, 6) is -1.24. The molecule has 13 heavy (non-hydrogen) atoms. The average Bonchev–Trinajstić information content (AvgIpc) is 2.05. The molecule has 0 amide bonds. The third kappa shape index (κ3) is 3.03. The van der Waals surface area contributed by atoms with Crippen LogP contribution in [0, 0.1) is 5.41 Å². The molecule has 0 saturated heterocycles. The van der Waals surface area contributed by atoms with Crippen molar-refractivity contribution in [3.05, 3.63) is 0 Å². The molecule has 76 valence electrons. The Morgan fingerprint density at radius 2 is 1.92 bits per heavy atom. The van der Waals surface area contributed by atoms with Crippen molar-refractivity contribution in [3.63, 3.8) is 0 Å². The van der Waals surface area contributed by atoms with Crippen LogP contribution in [0.3, 0.4) is 0 Å². The fourth-order valence-electron chi connectivity index (χ4n) is 0.849. The highest BCUT2D eigenvalue weighted by atomic mass is 32.2. The highest BCUT2D eigenvalue weighted by Crippen LogP contribution is 2.26. The van der Waals surface area contributed by atoms with Crippen molar-refractivity contribution in [2.24, 2.45) is 5.41 Å². The van der Waals surface area contributed by atoms with Crippen molar-refractivity contribution < 1.29 is 14.7 Å². The van der Waals surface area contributed by atoms with Gasteiger partial charge in [-0.25, -0.2) is 0 Å².